The molecule has 8 heteroatoms. The summed E-state index contributed by atoms with van der Waals surface area (Å²) in [7, 11) is -3.41. The third-order valence-corrected chi connectivity index (χ3v) is 10.4. The van der Waals surface area contributed by atoms with Crippen LogP contribution in [0, 0.1) is 0 Å². The summed E-state index contributed by atoms with van der Waals surface area (Å²) < 4.78 is 32.5. The molecule has 0 spiro atoms. The van der Waals surface area contributed by atoms with Crippen LogP contribution in [0.4, 0.5) is 0 Å². The highest BCUT2D eigenvalue weighted by Gasteiger charge is 2.24. The fourth-order valence-corrected chi connectivity index (χ4v) is 7.88. The number of fused-ring (bicyclic) bond motifs is 1. The summed E-state index contributed by atoms with van der Waals surface area (Å²) >= 11 is 1.39. The molecular weight excluding hydrogens is 542 g/mol. The lowest BCUT2D eigenvalue weighted by atomic mass is 9.97. The van der Waals surface area contributed by atoms with Crippen molar-refractivity contribution < 1.29 is 23.1 Å². The van der Waals surface area contributed by atoms with Crippen LogP contribution in [-0.2, 0) is 9.84 Å². The number of carbonyl (C=O) groups excluding carboxylic acids is 1. The Morgan fingerprint density at radius 2 is 1.70 bits per heavy atom. The maximum absolute atomic E-state index is 13.9. The van der Waals surface area contributed by atoms with Gasteiger partial charge in [-0.25, -0.2) is 8.42 Å². The minimum atomic E-state index is -3.41. The van der Waals surface area contributed by atoms with E-state index in [9.17, 15) is 18.3 Å². The van der Waals surface area contributed by atoms with E-state index < -0.39 is 9.84 Å². The summed E-state index contributed by atoms with van der Waals surface area (Å²) in [4.78, 5) is 17.4. The molecule has 1 fully saturated rings. The average molecular weight is 578 g/mol. The Morgan fingerprint density at radius 3 is 2.40 bits per heavy atom. The first-order chi connectivity index (χ1) is 19.4. The number of rotatable bonds is 11. The van der Waals surface area contributed by atoms with E-state index in [0.717, 1.165) is 52.3 Å². The number of unbranched alkanes of at least 4 members (excludes halogenated alkanes) is 1. The van der Waals surface area contributed by atoms with Gasteiger partial charge in [-0.3, -0.25) is 9.69 Å². The van der Waals surface area contributed by atoms with Crippen molar-refractivity contribution in [3.05, 3.63) is 77.9 Å². The largest absolute Gasteiger partial charge is 0.508 e. The Bertz CT molecular complexity index is 1570. The highest BCUT2D eigenvalue weighted by Crippen LogP contribution is 2.41. The van der Waals surface area contributed by atoms with Crippen molar-refractivity contribution in [1.82, 2.24) is 4.90 Å². The van der Waals surface area contributed by atoms with E-state index in [1.807, 2.05) is 19.1 Å². The number of phenols is 1. The van der Waals surface area contributed by atoms with Crippen molar-refractivity contribution in [1.29, 1.82) is 0 Å². The lowest BCUT2D eigenvalue weighted by molar-refractivity contribution is 0.104. The van der Waals surface area contributed by atoms with Crippen LogP contribution < -0.4 is 4.74 Å². The van der Waals surface area contributed by atoms with Crippen LogP contribution in [0.25, 0.3) is 20.5 Å². The number of phenolic OH excluding ortho intramolecular Hbond substituents is 1. The monoisotopic (exact) mass is 577 g/mol. The Hall–Kier alpha value is -3.20. The molecule has 0 atom stereocenters. The number of hydrogen-bond acceptors (Lipinski definition) is 7. The summed E-state index contributed by atoms with van der Waals surface area (Å²) in [6.45, 7) is 5.72. The third-order valence-electron chi connectivity index (χ3n) is 7.39. The van der Waals surface area contributed by atoms with Crippen molar-refractivity contribution >= 4 is 37.0 Å². The molecule has 1 aliphatic heterocycles. The highest BCUT2D eigenvalue weighted by atomic mass is 32.2. The quantitative estimate of drug-likeness (QED) is 0.194. The van der Waals surface area contributed by atoms with E-state index in [0.29, 0.717) is 24.2 Å². The first-order valence-electron chi connectivity index (χ1n) is 13.9. The zero-order chi connectivity index (χ0) is 28.1. The number of ketones is 1. The number of thiophene rings is 1. The molecule has 5 rings (SSSR count). The highest BCUT2D eigenvalue weighted by molar-refractivity contribution is 7.91. The van der Waals surface area contributed by atoms with Gasteiger partial charge in [0.2, 0.25) is 0 Å². The van der Waals surface area contributed by atoms with Crippen molar-refractivity contribution in [3.63, 3.8) is 0 Å². The molecule has 0 bridgehead atoms. The van der Waals surface area contributed by atoms with Crippen LogP contribution >= 0.6 is 11.3 Å². The number of likely N-dealkylation sites (tertiary alicyclic amines) is 1. The number of piperidine rings is 1. The molecule has 40 heavy (non-hydrogen) atoms. The third kappa shape index (κ3) is 6.40. The summed E-state index contributed by atoms with van der Waals surface area (Å²) in [5, 5.41) is 10.5. The molecule has 2 heterocycles. The van der Waals surface area contributed by atoms with Crippen molar-refractivity contribution in [2.75, 3.05) is 32.0 Å². The van der Waals surface area contributed by atoms with Gasteiger partial charge in [-0.1, -0.05) is 25.8 Å². The number of aromatic hydroxyl groups is 1. The van der Waals surface area contributed by atoms with Gasteiger partial charge in [-0.2, -0.15) is 0 Å². The lowest BCUT2D eigenvalue weighted by Gasteiger charge is -2.26. The van der Waals surface area contributed by atoms with Gasteiger partial charge >= 0.3 is 0 Å². The molecule has 1 aliphatic rings. The fourth-order valence-electron chi connectivity index (χ4n) is 5.09. The minimum absolute atomic E-state index is 0.101. The first kappa shape index (κ1) is 28.3. The first-order valence-corrected chi connectivity index (χ1v) is 16.4. The molecule has 4 aromatic rings. The number of carbonyl (C=O) groups is 1. The van der Waals surface area contributed by atoms with Gasteiger partial charge in [0.05, 0.1) is 10.6 Å². The zero-order valence-corrected chi connectivity index (χ0v) is 24.4. The van der Waals surface area contributed by atoms with Gasteiger partial charge in [-0.05, 0) is 98.6 Å². The summed E-state index contributed by atoms with van der Waals surface area (Å²) in [6, 6.07) is 19.0. The predicted octanol–water partition coefficient (Wildman–Crippen LogP) is 6.94. The normalized spacial score (nSPS) is 14.4. The van der Waals surface area contributed by atoms with Gasteiger partial charge in [0, 0.05) is 32.6 Å². The summed E-state index contributed by atoms with van der Waals surface area (Å²) in [5.74, 6) is 0.821. The van der Waals surface area contributed by atoms with Crippen molar-refractivity contribution in [3.8, 4) is 21.9 Å². The second-order valence-electron chi connectivity index (χ2n) is 10.3. The van der Waals surface area contributed by atoms with Crippen LogP contribution in [-0.4, -0.2) is 56.2 Å². The van der Waals surface area contributed by atoms with Crippen LogP contribution in [0.1, 0.15) is 54.9 Å². The van der Waals surface area contributed by atoms with Crippen LogP contribution in [0.2, 0.25) is 0 Å². The molecule has 1 aromatic heterocycles. The smallest absolute Gasteiger partial charge is 0.195 e. The molecule has 0 amide bonds. The van der Waals surface area contributed by atoms with Crippen LogP contribution in [0.3, 0.4) is 0 Å². The number of hydrogen-bond donors (Lipinski definition) is 1. The number of benzene rings is 3. The number of ether oxygens (including phenoxy) is 1. The topological polar surface area (TPSA) is 83.9 Å². The molecule has 0 radical (unpaired) electrons. The van der Waals surface area contributed by atoms with E-state index in [1.54, 1.807) is 54.6 Å². The van der Waals surface area contributed by atoms with Gasteiger partial charge < -0.3 is 9.84 Å². The number of nitrogens with zero attached hydrogens (tertiary/aromatic N) is 1. The second kappa shape index (κ2) is 12.5. The minimum Gasteiger partial charge on any atom is -0.508 e. The number of sulfone groups is 1. The maximum atomic E-state index is 13.9. The molecule has 1 N–H and O–H groups in total. The molecular formula is C32H35NO5S2. The summed E-state index contributed by atoms with van der Waals surface area (Å²) in [5.41, 5.74) is 1.85. The Labute approximate surface area is 240 Å². The Kier molecular flexibility index (Phi) is 8.88. The molecule has 0 saturated carbocycles. The van der Waals surface area contributed by atoms with Crippen LogP contribution in [0.15, 0.2) is 71.6 Å². The summed E-state index contributed by atoms with van der Waals surface area (Å²) in [6.07, 6.45) is 5.20. The van der Waals surface area contributed by atoms with Crippen LogP contribution in [0.5, 0.6) is 11.5 Å². The zero-order valence-electron chi connectivity index (χ0n) is 22.8. The molecule has 3 aromatic carbocycles. The van der Waals surface area contributed by atoms with E-state index in [2.05, 4.69) is 4.90 Å². The van der Waals surface area contributed by atoms with Crippen molar-refractivity contribution in [2.45, 2.75) is 43.9 Å². The van der Waals surface area contributed by atoms with E-state index in [-0.39, 0.29) is 22.2 Å². The molecule has 0 unspecified atom stereocenters. The lowest BCUT2D eigenvalue weighted by Crippen LogP contribution is -2.33. The second-order valence-corrected chi connectivity index (χ2v) is 13.4. The van der Waals surface area contributed by atoms with E-state index in [4.69, 9.17) is 4.74 Å². The fraction of sp³-hybridized carbons (Fsp3) is 0.344. The average Bonchev–Trinajstić information content (AvgIpc) is 3.36. The van der Waals surface area contributed by atoms with Gasteiger partial charge in [0.25, 0.3) is 0 Å². The van der Waals surface area contributed by atoms with E-state index >= 15 is 0 Å². The van der Waals surface area contributed by atoms with Gasteiger partial charge in [0.15, 0.2) is 15.6 Å². The molecule has 1 saturated heterocycles. The van der Waals surface area contributed by atoms with Gasteiger partial charge in [0.1, 0.15) is 18.1 Å². The van der Waals surface area contributed by atoms with Crippen molar-refractivity contribution in [2.24, 2.45) is 0 Å². The maximum Gasteiger partial charge on any atom is 0.195 e. The molecule has 0 aliphatic carbocycles. The predicted molar refractivity (Wildman–Crippen MR) is 162 cm³/mol. The van der Waals surface area contributed by atoms with E-state index in [1.165, 1.54) is 30.6 Å². The standard InChI is InChI=1S/C32H35NO5S2/c1-2-3-21-40(36,37)27-15-16-28-29(22-27)39-32(24-7-11-25(34)12-8-24)30(28)31(35)23-9-13-26(14-10-23)38-20-19-33-17-5-4-6-18-33/h7-16,22,34H,2-6,17-21H2,1H3. The SMILES string of the molecule is CCCCS(=O)(=O)c1ccc2c(C(=O)c3ccc(OCCN4CCCCC4)cc3)c(-c3ccc(O)cc3)sc2c1. The Balaban J connectivity index is 1.44. The molecule has 6 nitrogen and oxygen atoms in total. The Morgan fingerprint density at radius 1 is 0.975 bits per heavy atom. The molecule has 210 valence electrons. The van der Waals surface area contributed by atoms with Gasteiger partial charge in [-0.15, -0.1) is 11.3 Å².